The van der Waals surface area contributed by atoms with Crippen LogP contribution in [-0.2, 0) is 9.59 Å². The maximum Gasteiger partial charge on any atom is 0.222 e. The highest BCUT2D eigenvalue weighted by atomic mass is 16.2. The molecule has 0 spiro atoms. The molecule has 0 radical (unpaired) electrons. The van der Waals surface area contributed by atoms with Gasteiger partial charge in [0.25, 0.3) is 0 Å². The van der Waals surface area contributed by atoms with Crippen LogP contribution in [0.3, 0.4) is 0 Å². The second-order valence-electron chi connectivity index (χ2n) is 7.11. The fourth-order valence-electron chi connectivity index (χ4n) is 3.80. The van der Waals surface area contributed by atoms with Crippen molar-refractivity contribution >= 4 is 11.8 Å². The van der Waals surface area contributed by atoms with E-state index in [0.29, 0.717) is 24.2 Å². The van der Waals surface area contributed by atoms with Crippen molar-refractivity contribution < 1.29 is 9.59 Å². The molecular formula is C18H32N2O2. The predicted octanol–water partition coefficient (Wildman–Crippen LogP) is 3.11. The SMILES string of the molecule is CCCC(=O)NC[C@@H]1CCCN(C(=O)CC2CCCCC2)C1. The van der Waals surface area contributed by atoms with E-state index in [2.05, 4.69) is 10.2 Å². The topological polar surface area (TPSA) is 49.4 Å². The molecule has 2 fully saturated rings. The Morgan fingerprint density at radius 1 is 1.05 bits per heavy atom. The molecule has 0 aromatic rings. The van der Waals surface area contributed by atoms with E-state index in [1.165, 1.54) is 32.1 Å². The number of nitrogens with zero attached hydrogens (tertiary/aromatic N) is 1. The molecule has 4 nitrogen and oxygen atoms in total. The normalized spacial score (nSPS) is 23.3. The molecule has 1 N–H and O–H groups in total. The van der Waals surface area contributed by atoms with Crippen LogP contribution >= 0.6 is 0 Å². The highest BCUT2D eigenvalue weighted by molar-refractivity contribution is 5.77. The van der Waals surface area contributed by atoms with Gasteiger partial charge < -0.3 is 10.2 Å². The molecule has 1 heterocycles. The van der Waals surface area contributed by atoms with Crippen molar-refractivity contribution in [2.24, 2.45) is 11.8 Å². The lowest BCUT2D eigenvalue weighted by Crippen LogP contribution is -2.44. The first-order valence-corrected chi connectivity index (χ1v) is 9.23. The van der Waals surface area contributed by atoms with Crippen LogP contribution in [0.25, 0.3) is 0 Å². The molecular weight excluding hydrogens is 276 g/mol. The van der Waals surface area contributed by atoms with Crippen LogP contribution < -0.4 is 5.32 Å². The Bertz CT molecular complexity index is 364. The molecule has 0 unspecified atom stereocenters. The number of amides is 2. The Morgan fingerprint density at radius 3 is 2.50 bits per heavy atom. The summed E-state index contributed by atoms with van der Waals surface area (Å²) >= 11 is 0. The van der Waals surface area contributed by atoms with Gasteiger partial charge in [0.2, 0.25) is 11.8 Å². The van der Waals surface area contributed by atoms with Gasteiger partial charge in [0.15, 0.2) is 0 Å². The number of carbonyl (C=O) groups excluding carboxylic acids is 2. The zero-order valence-corrected chi connectivity index (χ0v) is 14.1. The van der Waals surface area contributed by atoms with Crippen LogP contribution in [0.4, 0.5) is 0 Å². The van der Waals surface area contributed by atoms with Gasteiger partial charge in [-0.1, -0.05) is 26.2 Å². The molecule has 0 bridgehead atoms. The fourth-order valence-corrected chi connectivity index (χ4v) is 3.80. The number of nitrogens with one attached hydrogen (secondary N) is 1. The van der Waals surface area contributed by atoms with Crippen molar-refractivity contribution in [3.63, 3.8) is 0 Å². The molecule has 2 amide bonds. The molecule has 1 aliphatic heterocycles. The summed E-state index contributed by atoms with van der Waals surface area (Å²) < 4.78 is 0. The lowest BCUT2D eigenvalue weighted by molar-refractivity contribution is -0.134. The van der Waals surface area contributed by atoms with E-state index >= 15 is 0 Å². The van der Waals surface area contributed by atoms with Crippen molar-refractivity contribution in [1.82, 2.24) is 10.2 Å². The summed E-state index contributed by atoms with van der Waals surface area (Å²) in [7, 11) is 0. The van der Waals surface area contributed by atoms with E-state index in [1.807, 2.05) is 6.92 Å². The van der Waals surface area contributed by atoms with Crippen molar-refractivity contribution in [3.05, 3.63) is 0 Å². The minimum absolute atomic E-state index is 0.146. The van der Waals surface area contributed by atoms with E-state index in [9.17, 15) is 9.59 Å². The quantitative estimate of drug-likeness (QED) is 0.819. The third-order valence-corrected chi connectivity index (χ3v) is 5.12. The molecule has 1 saturated carbocycles. The van der Waals surface area contributed by atoms with E-state index in [4.69, 9.17) is 0 Å². The van der Waals surface area contributed by atoms with Crippen LogP contribution in [0.5, 0.6) is 0 Å². The van der Waals surface area contributed by atoms with Crippen molar-refractivity contribution in [2.75, 3.05) is 19.6 Å². The van der Waals surface area contributed by atoms with Crippen LogP contribution in [0.15, 0.2) is 0 Å². The zero-order chi connectivity index (χ0) is 15.8. The van der Waals surface area contributed by atoms with Gasteiger partial charge in [-0.25, -0.2) is 0 Å². The molecule has 1 aliphatic carbocycles. The number of carbonyl (C=O) groups is 2. The van der Waals surface area contributed by atoms with Crippen LogP contribution in [-0.4, -0.2) is 36.3 Å². The summed E-state index contributed by atoms with van der Waals surface area (Å²) in [5.74, 6) is 1.54. The largest absolute Gasteiger partial charge is 0.356 e. The van der Waals surface area contributed by atoms with Crippen molar-refractivity contribution in [2.45, 2.75) is 71.1 Å². The second-order valence-corrected chi connectivity index (χ2v) is 7.11. The molecule has 0 aromatic carbocycles. The predicted molar refractivity (Wildman–Crippen MR) is 88.4 cm³/mol. The van der Waals surface area contributed by atoms with Crippen molar-refractivity contribution in [3.8, 4) is 0 Å². The molecule has 2 rings (SSSR count). The number of hydrogen-bond donors (Lipinski definition) is 1. The van der Waals surface area contributed by atoms with Gasteiger partial charge in [0.1, 0.15) is 0 Å². The number of piperidine rings is 1. The lowest BCUT2D eigenvalue weighted by atomic mass is 9.86. The summed E-state index contributed by atoms with van der Waals surface area (Å²) in [6.45, 7) is 4.49. The minimum Gasteiger partial charge on any atom is -0.356 e. The molecule has 1 atom stereocenters. The van der Waals surface area contributed by atoms with E-state index < -0.39 is 0 Å². The minimum atomic E-state index is 0.146. The van der Waals surface area contributed by atoms with Gasteiger partial charge >= 0.3 is 0 Å². The van der Waals surface area contributed by atoms with E-state index in [-0.39, 0.29) is 5.91 Å². The molecule has 1 saturated heterocycles. The van der Waals surface area contributed by atoms with E-state index in [0.717, 1.165) is 45.3 Å². The molecule has 0 aromatic heterocycles. The van der Waals surface area contributed by atoms with Gasteiger partial charge in [-0.2, -0.15) is 0 Å². The summed E-state index contributed by atoms with van der Waals surface area (Å²) in [6.07, 6.45) is 10.8. The highest BCUT2D eigenvalue weighted by Gasteiger charge is 2.26. The Labute approximate surface area is 135 Å². The number of rotatable bonds is 6. The summed E-state index contributed by atoms with van der Waals surface area (Å²) in [4.78, 5) is 26.1. The molecule has 126 valence electrons. The maximum absolute atomic E-state index is 12.5. The lowest BCUT2D eigenvalue weighted by Gasteiger charge is -2.34. The van der Waals surface area contributed by atoms with Gasteiger partial charge in [-0.3, -0.25) is 9.59 Å². The maximum atomic E-state index is 12.5. The first-order chi connectivity index (χ1) is 10.7. The third kappa shape index (κ3) is 5.62. The average molecular weight is 308 g/mol. The standard InChI is InChI=1S/C18H32N2O2/c1-2-7-17(21)19-13-16-10-6-11-20(14-16)18(22)12-15-8-4-3-5-9-15/h15-16H,2-14H2,1H3,(H,19,21)/t16-/m0/s1. The molecule has 2 aliphatic rings. The first kappa shape index (κ1) is 17.3. The second kappa shape index (κ2) is 9.16. The Kier molecular flexibility index (Phi) is 7.20. The zero-order valence-electron chi connectivity index (χ0n) is 14.1. The van der Waals surface area contributed by atoms with Crippen LogP contribution in [0, 0.1) is 11.8 Å². The average Bonchev–Trinajstić information content (AvgIpc) is 2.54. The summed E-state index contributed by atoms with van der Waals surface area (Å²) in [5.41, 5.74) is 0. The fraction of sp³-hybridized carbons (Fsp3) is 0.889. The number of hydrogen-bond acceptors (Lipinski definition) is 2. The first-order valence-electron chi connectivity index (χ1n) is 9.23. The van der Waals surface area contributed by atoms with Gasteiger partial charge in [0.05, 0.1) is 0 Å². The Morgan fingerprint density at radius 2 is 1.77 bits per heavy atom. The smallest absolute Gasteiger partial charge is 0.222 e. The molecule has 4 heteroatoms. The van der Waals surface area contributed by atoms with Crippen molar-refractivity contribution in [1.29, 1.82) is 0 Å². The molecule has 22 heavy (non-hydrogen) atoms. The number of likely N-dealkylation sites (tertiary alicyclic amines) is 1. The van der Waals surface area contributed by atoms with Crippen LogP contribution in [0.1, 0.15) is 71.1 Å². The van der Waals surface area contributed by atoms with Crippen LogP contribution in [0.2, 0.25) is 0 Å². The Balaban J connectivity index is 1.72. The Hall–Kier alpha value is -1.06. The van der Waals surface area contributed by atoms with Gasteiger partial charge in [-0.15, -0.1) is 0 Å². The van der Waals surface area contributed by atoms with Gasteiger partial charge in [-0.05, 0) is 43.9 Å². The third-order valence-electron chi connectivity index (χ3n) is 5.12. The summed E-state index contributed by atoms with van der Waals surface area (Å²) in [5, 5.41) is 3.02. The summed E-state index contributed by atoms with van der Waals surface area (Å²) in [6, 6.07) is 0. The highest BCUT2D eigenvalue weighted by Crippen LogP contribution is 2.27. The van der Waals surface area contributed by atoms with Gasteiger partial charge in [0, 0.05) is 32.5 Å². The van der Waals surface area contributed by atoms with E-state index in [1.54, 1.807) is 0 Å². The monoisotopic (exact) mass is 308 g/mol.